The summed E-state index contributed by atoms with van der Waals surface area (Å²) < 4.78 is 5.60. The Morgan fingerprint density at radius 2 is 1.79 bits per heavy atom. The molecule has 0 radical (unpaired) electrons. The molecule has 1 unspecified atom stereocenters. The molecular formula is C16H27NO2. The standard InChI is InChI=1S/C16H27NO2/c1-16(17,14-18)11-5-6-12-19-13-7-10-15-8-3-2-4-9-15/h2-4,8-9,18H,5-7,10-14,17H2,1H3. The second-order valence-corrected chi connectivity index (χ2v) is 5.47. The first kappa shape index (κ1) is 16.2. The fraction of sp³-hybridized carbons (Fsp3) is 0.625. The number of unbranched alkanes of at least 4 members (excludes halogenated alkanes) is 1. The highest BCUT2D eigenvalue weighted by molar-refractivity contribution is 5.14. The Kier molecular flexibility index (Phi) is 7.72. The van der Waals surface area contributed by atoms with E-state index in [-0.39, 0.29) is 6.61 Å². The van der Waals surface area contributed by atoms with Crippen LogP contribution in [0.1, 0.15) is 38.2 Å². The van der Waals surface area contributed by atoms with Gasteiger partial charge in [0.15, 0.2) is 0 Å². The summed E-state index contributed by atoms with van der Waals surface area (Å²) in [6.45, 7) is 3.53. The van der Waals surface area contributed by atoms with Crippen molar-refractivity contribution in [1.82, 2.24) is 0 Å². The Morgan fingerprint density at radius 3 is 2.47 bits per heavy atom. The largest absolute Gasteiger partial charge is 0.394 e. The van der Waals surface area contributed by atoms with Gasteiger partial charge in [0, 0.05) is 18.8 Å². The predicted octanol–water partition coefficient (Wildman–Crippen LogP) is 2.52. The zero-order chi connectivity index (χ0) is 14.0. The SMILES string of the molecule is CC(N)(CO)CCCCOCCCc1ccccc1. The summed E-state index contributed by atoms with van der Waals surface area (Å²) in [5.41, 5.74) is 6.78. The fourth-order valence-electron chi connectivity index (χ4n) is 1.94. The van der Waals surface area contributed by atoms with Gasteiger partial charge in [-0.2, -0.15) is 0 Å². The van der Waals surface area contributed by atoms with Gasteiger partial charge in [-0.3, -0.25) is 0 Å². The van der Waals surface area contributed by atoms with E-state index < -0.39 is 5.54 Å². The van der Waals surface area contributed by atoms with Crippen LogP contribution in [-0.4, -0.2) is 30.5 Å². The highest BCUT2D eigenvalue weighted by atomic mass is 16.5. The van der Waals surface area contributed by atoms with Crippen LogP contribution in [0.3, 0.4) is 0 Å². The van der Waals surface area contributed by atoms with E-state index in [1.54, 1.807) is 0 Å². The maximum absolute atomic E-state index is 9.02. The minimum absolute atomic E-state index is 0.0466. The van der Waals surface area contributed by atoms with Crippen molar-refractivity contribution in [2.24, 2.45) is 5.73 Å². The molecule has 0 aromatic heterocycles. The average Bonchev–Trinajstić information content (AvgIpc) is 2.43. The number of benzene rings is 1. The van der Waals surface area contributed by atoms with Gasteiger partial charge < -0.3 is 15.6 Å². The molecule has 0 amide bonds. The van der Waals surface area contributed by atoms with Gasteiger partial charge in [0.05, 0.1) is 6.61 Å². The molecule has 1 rings (SSSR count). The third kappa shape index (κ3) is 7.98. The van der Waals surface area contributed by atoms with Crippen molar-refractivity contribution in [1.29, 1.82) is 0 Å². The van der Waals surface area contributed by atoms with Crippen molar-refractivity contribution in [2.75, 3.05) is 19.8 Å². The quantitative estimate of drug-likeness (QED) is 0.639. The number of aliphatic hydroxyl groups is 1. The molecule has 19 heavy (non-hydrogen) atoms. The van der Waals surface area contributed by atoms with Crippen LogP contribution >= 0.6 is 0 Å². The van der Waals surface area contributed by atoms with Gasteiger partial charge in [-0.15, -0.1) is 0 Å². The Balaban J connectivity index is 1.92. The smallest absolute Gasteiger partial charge is 0.0608 e. The number of rotatable bonds is 10. The highest BCUT2D eigenvalue weighted by Crippen LogP contribution is 2.09. The van der Waals surface area contributed by atoms with Crippen LogP contribution in [0.5, 0.6) is 0 Å². The third-order valence-corrected chi connectivity index (χ3v) is 3.24. The first-order chi connectivity index (χ1) is 9.14. The predicted molar refractivity (Wildman–Crippen MR) is 79.1 cm³/mol. The van der Waals surface area contributed by atoms with Gasteiger partial charge in [0.2, 0.25) is 0 Å². The molecule has 0 fully saturated rings. The second kappa shape index (κ2) is 9.08. The van der Waals surface area contributed by atoms with E-state index in [4.69, 9.17) is 15.6 Å². The van der Waals surface area contributed by atoms with Crippen LogP contribution in [0.15, 0.2) is 30.3 Å². The van der Waals surface area contributed by atoms with Gasteiger partial charge >= 0.3 is 0 Å². The molecule has 0 saturated heterocycles. The lowest BCUT2D eigenvalue weighted by atomic mass is 9.97. The molecular weight excluding hydrogens is 238 g/mol. The lowest BCUT2D eigenvalue weighted by molar-refractivity contribution is 0.124. The van der Waals surface area contributed by atoms with E-state index in [1.165, 1.54) is 5.56 Å². The zero-order valence-electron chi connectivity index (χ0n) is 12.0. The molecule has 3 N–H and O–H groups in total. The van der Waals surface area contributed by atoms with Crippen LogP contribution < -0.4 is 5.73 Å². The minimum Gasteiger partial charge on any atom is -0.394 e. The zero-order valence-corrected chi connectivity index (χ0v) is 12.0. The van der Waals surface area contributed by atoms with E-state index in [0.717, 1.165) is 45.3 Å². The Labute approximate surface area is 116 Å². The van der Waals surface area contributed by atoms with Crippen LogP contribution in [0.4, 0.5) is 0 Å². The molecule has 0 aliphatic heterocycles. The summed E-state index contributed by atoms with van der Waals surface area (Å²) in [7, 11) is 0. The number of hydrogen-bond acceptors (Lipinski definition) is 3. The summed E-state index contributed by atoms with van der Waals surface area (Å²) in [6.07, 6.45) is 5.00. The molecule has 0 aliphatic rings. The van der Waals surface area contributed by atoms with Crippen molar-refractivity contribution < 1.29 is 9.84 Å². The number of hydrogen-bond donors (Lipinski definition) is 2. The summed E-state index contributed by atoms with van der Waals surface area (Å²) in [6, 6.07) is 10.5. The number of aliphatic hydroxyl groups excluding tert-OH is 1. The molecule has 3 nitrogen and oxygen atoms in total. The van der Waals surface area contributed by atoms with Crippen LogP contribution in [0.2, 0.25) is 0 Å². The van der Waals surface area contributed by atoms with Gasteiger partial charge in [0.1, 0.15) is 0 Å². The van der Waals surface area contributed by atoms with E-state index in [2.05, 4.69) is 24.3 Å². The maximum Gasteiger partial charge on any atom is 0.0608 e. The summed E-state index contributed by atoms with van der Waals surface area (Å²) >= 11 is 0. The van der Waals surface area contributed by atoms with Gasteiger partial charge in [-0.05, 0) is 44.6 Å². The lowest BCUT2D eigenvalue weighted by Crippen LogP contribution is -2.39. The van der Waals surface area contributed by atoms with E-state index in [9.17, 15) is 0 Å². The van der Waals surface area contributed by atoms with Crippen molar-refractivity contribution in [2.45, 2.75) is 44.6 Å². The average molecular weight is 265 g/mol. The highest BCUT2D eigenvalue weighted by Gasteiger charge is 2.15. The van der Waals surface area contributed by atoms with Crippen molar-refractivity contribution in [3.63, 3.8) is 0 Å². The van der Waals surface area contributed by atoms with Gasteiger partial charge in [-0.25, -0.2) is 0 Å². The van der Waals surface area contributed by atoms with Crippen LogP contribution in [0.25, 0.3) is 0 Å². The van der Waals surface area contributed by atoms with Crippen molar-refractivity contribution >= 4 is 0 Å². The molecule has 1 aromatic rings. The number of aryl methyl sites for hydroxylation is 1. The molecule has 108 valence electrons. The third-order valence-electron chi connectivity index (χ3n) is 3.24. The monoisotopic (exact) mass is 265 g/mol. The van der Waals surface area contributed by atoms with E-state index in [1.807, 2.05) is 13.0 Å². The topological polar surface area (TPSA) is 55.5 Å². The van der Waals surface area contributed by atoms with E-state index in [0.29, 0.717) is 0 Å². The van der Waals surface area contributed by atoms with Gasteiger partial charge in [-0.1, -0.05) is 30.3 Å². The minimum atomic E-state index is -0.437. The van der Waals surface area contributed by atoms with Crippen molar-refractivity contribution in [3.8, 4) is 0 Å². The fourth-order valence-corrected chi connectivity index (χ4v) is 1.94. The summed E-state index contributed by atoms with van der Waals surface area (Å²) in [4.78, 5) is 0. The van der Waals surface area contributed by atoms with Crippen LogP contribution in [-0.2, 0) is 11.2 Å². The molecule has 3 heteroatoms. The van der Waals surface area contributed by atoms with Crippen LogP contribution in [0, 0.1) is 0 Å². The van der Waals surface area contributed by atoms with Crippen molar-refractivity contribution in [3.05, 3.63) is 35.9 Å². The Morgan fingerprint density at radius 1 is 1.11 bits per heavy atom. The first-order valence-corrected chi connectivity index (χ1v) is 7.15. The van der Waals surface area contributed by atoms with Gasteiger partial charge in [0.25, 0.3) is 0 Å². The summed E-state index contributed by atoms with van der Waals surface area (Å²) in [5.74, 6) is 0. The molecule has 0 aliphatic carbocycles. The molecule has 1 atom stereocenters. The molecule has 0 saturated carbocycles. The van der Waals surface area contributed by atoms with E-state index >= 15 is 0 Å². The Hall–Kier alpha value is -0.900. The number of ether oxygens (including phenoxy) is 1. The molecule has 1 aromatic carbocycles. The summed E-state index contributed by atoms with van der Waals surface area (Å²) in [5, 5.41) is 9.02. The molecule has 0 bridgehead atoms. The lowest BCUT2D eigenvalue weighted by Gasteiger charge is -2.21. The second-order valence-electron chi connectivity index (χ2n) is 5.47. The maximum atomic E-state index is 9.02. The number of nitrogens with two attached hydrogens (primary N) is 1. The molecule has 0 heterocycles. The molecule has 0 spiro atoms. The normalized spacial score (nSPS) is 14.3. The first-order valence-electron chi connectivity index (χ1n) is 7.15. The Bertz CT molecular complexity index is 325.